The predicted octanol–water partition coefficient (Wildman–Crippen LogP) is -0.00990. The summed E-state index contributed by atoms with van der Waals surface area (Å²) < 4.78 is 0. The van der Waals surface area contributed by atoms with Crippen LogP contribution in [0.3, 0.4) is 0 Å². The Morgan fingerprint density at radius 3 is 2.33 bits per heavy atom. The van der Waals surface area contributed by atoms with Gasteiger partial charge < -0.3 is 21.7 Å². The van der Waals surface area contributed by atoms with Crippen molar-refractivity contribution in [1.82, 2.24) is 10.2 Å². The average Bonchev–Trinajstić information content (AvgIpc) is 2.55. The number of carbonyl (C=O) groups excluding carboxylic acids is 3. The third kappa shape index (κ3) is 6.78. The molecular formula is C17H26N4O3. The summed E-state index contributed by atoms with van der Waals surface area (Å²) >= 11 is 0. The highest BCUT2D eigenvalue weighted by molar-refractivity contribution is 5.87. The summed E-state index contributed by atoms with van der Waals surface area (Å²) in [4.78, 5) is 36.7. The van der Waals surface area contributed by atoms with Gasteiger partial charge in [-0.15, -0.1) is 0 Å². The van der Waals surface area contributed by atoms with Crippen molar-refractivity contribution >= 4 is 17.7 Å². The van der Waals surface area contributed by atoms with E-state index in [9.17, 15) is 14.4 Å². The first-order chi connectivity index (χ1) is 11.3. The van der Waals surface area contributed by atoms with Crippen LogP contribution >= 0.6 is 0 Å². The molecule has 24 heavy (non-hydrogen) atoms. The van der Waals surface area contributed by atoms with Crippen LogP contribution in [0.15, 0.2) is 30.3 Å². The SMILES string of the molecule is CC(C)[C@H](N)C(=O)NCC(=O)N(CCC(N)=O)Cc1ccccc1. The highest BCUT2D eigenvalue weighted by atomic mass is 16.2. The monoisotopic (exact) mass is 334 g/mol. The second kappa shape index (κ2) is 9.67. The molecule has 0 aliphatic carbocycles. The highest BCUT2D eigenvalue weighted by Gasteiger charge is 2.20. The van der Waals surface area contributed by atoms with Crippen LogP contribution in [-0.2, 0) is 20.9 Å². The molecule has 3 amide bonds. The average molecular weight is 334 g/mol. The van der Waals surface area contributed by atoms with E-state index in [1.54, 1.807) is 0 Å². The second-order valence-corrected chi connectivity index (χ2v) is 6.00. The molecule has 0 saturated heterocycles. The summed E-state index contributed by atoms with van der Waals surface area (Å²) in [6, 6.07) is 8.73. The van der Waals surface area contributed by atoms with Crippen LogP contribution in [0.5, 0.6) is 0 Å². The number of hydrogen-bond acceptors (Lipinski definition) is 4. The maximum absolute atomic E-state index is 12.4. The van der Waals surface area contributed by atoms with Crippen molar-refractivity contribution in [1.29, 1.82) is 0 Å². The molecule has 0 radical (unpaired) electrons. The Balaban J connectivity index is 2.66. The third-order valence-electron chi connectivity index (χ3n) is 3.63. The largest absolute Gasteiger partial charge is 0.370 e. The van der Waals surface area contributed by atoms with Crippen LogP contribution in [0.25, 0.3) is 0 Å². The Morgan fingerprint density at radius 1 is 1.17 bits per heavy atom. The van der Waals surface area contributed by atoms with Crippen LogP contribution in [0, 0.1) is 5.92 Å². The van der Waals surface area contributed by atoms with E-state index in [0.29, 0.717) is 6.54 Å². The van der Waals surface area contributed by atoms with Crippen molar-refractivity contribution < 1.29 is 14.4 Å². The van der Waals surface area contributed by atoms with Gasteiger partial charge in [-0.25, -0.2) is 0 Å². The lowest BCUT2D eigenvalue weighted by atomic mass is 10.1. The first kappa shape index (κ1) is 19.6. The summed E-state index contributed by atoms with van der Waals surface area (Å²) in [6.07, 6.45) is 0.0675. The van der Waals surface area contributed by atoms with Gasteiger partial charge in [0.2, 0.25) is 17.7 Å². The minimum atomic E-state index is -0.661. The highest BCUT2D eigenvalue weighted by Crippen LogP contribution is 2.06. The normalized spacial score (nSPS) is 11.8. The zero-order valence-electron chi connectivity index (χ0n) is 14.2. The van der Waals surface area contributed by atoms with Gasteiger partial charge in [-0.2, -0.15) is 0 Å². The Kier molecular flexibility index (Phi) is 7.91. The molecule has 0 aliphatic rings. The van der Waals surface area contributed by atoms with Gasteiger partial charge in [-0.05, 0) is 11.5 Å². The Morgan fingerprint density at radius 2 is 1.79 bits per heavy atom. The lowest BCUT2D eigenvalue weighted by Gasteiger charge is -2.23. The van der Waals surface area contributed by atoms with Gasteiger partial charge in [0.25, 0.3) is 0 Å². The maximum Gasteiger partial charge on any atom is 0.242 e. The van der Waals surface area contributed by atoms with E-state index in [1.807, 2.05) is 44.2 Å². The predicted molar refractivity (Wildman–Crippen MR) is 91.5 cm³/mol. The molecule has 1 rings (SSSR count). The Hall–Kier alpha value is -2.41. The van der Waals surface area contributed by atoms with E-state index < -0.39 is 11.9 Å². The van der Waals surface area contributed by atoms with E-state index in [2.05, 4.69) is 5.32 Å². The second-order valence-electron chi connectivity index (χ2n) is 6.00. The molecular weight excluding hydrogens is 308 g/mol. The quantitative estimate of drug-likeness (QED) is 0.588. The smallest absolute Gasteiger partial charge is 0.242 e. The number of primary amides is 1. The fourth-order valence-electron chi connectivity index (χ4n) is 2.04. The topological polar surface area (TPSA) is 119 Å². The molecule has 0 aliphatic heterocycles. The molecule has 7 nitrogen and oxygen atoms in total. The summed E-state index contributed by atoms with van der Waals surface area (Å²) in [7, 11) is 0. The van der Waals surface area contributed by atoms with Crippen LogP contribution in [0.1, 0.15) is 25.8 Å². The molecule has 0 aromatic heterocycles. The molecule has 0 heterocycles. The minimum Gasteiger partial charge on any atom is -0.370 e. The maximum atomic E-state index is 12.4. The van der Waals surface area contributed by atoms with Gasteiger partial charge in [-0.1, -0.05) is 44.2 Å². The number of benzene rings is 1. The first-order valence-corrected chi connectivity index (χ1v) is 7.94. The molecule has 1 atom stereocenters. The molecule has 132 valence electrons. The summed E-state index contributed by atoms with van der Waals surface area (Å²) in [6.45, 7) is 4.06. The zero-order chi connectivity index (χ0) is 18.1. The van der Waals surface area contributed by atoms with Gasteiger partial charge in [0.1, 0.15) is 0 Å². The molecule has 0 fully saturated rings. The van der Waals surface area contributed by atoms with Crippen molar-refractivity contribution in [3.05, 3.63) is 35.9 Å². The van der Waals surface area contributed by atoms with E-state index >= 15 is 0 Å². The van der Waals surface area contributed by atoms with Crippen LogP contribution in [0.4, 0.5) is 0 Å². The van der Waals surface area contributed by atoms with E-state index in [4.69, 9.17) is 11.5 Å². The molecule has 7 heteroatoms. The van der Waals surface area contributed by atoms with Gasteiger partial charge in [0.15, 0.2) is 0 Å². The molecule has 0 saturated carbocycles. The van der Waals surface area contributed by atoms with Crippen LogP contribution in [0.2, 0.25) is 0 Å². The Bertz CT molecular complexity index is 560. The summed E-state index contributed by atoms with van der Waals surface area (Å²) in [5, 5.41) is 2.55. The van der Waals surface area contributed by atoms with E-state index in [1.165, 1.54) is 4.90 Å². The van der Waals surface area contributed by atoms with Gasteiger partial charge in [0.05, 0.1) is 12.6 Å². The zero-order valence-corrected chi connectivity index (χ0v) is 14.2. The standard InChI is InChI=1S/C17H26N4O3/c1-12(2)16(19)17(24)20-10-15(23)21(9-8-14(18)22)11-13-6-4-3-5-7-13/h3-7,12,16H,8-11,19H2,1-2H3,(H2,18,22)(H,20,24)/t16-/m0/s1. The van der Waals surface area contributed by atoms with Crippen molar-refractivity contribution in [2.75, 3.05) is 13.1 Å². The fourth-order valence-corrected chi connectivity index (χ4v) is 2.04. The van der Waals surface area contributed by atoms with E-state index in [0.717, 1.165) is 5.56 Å². The number of nitrogens with zero attached hydrogens (tertiary/aromatic N) is 1. The number of amides is 3. The van der Waals surface area contributed by atoms with Crippen LogP contribution in [-0.4, -0.2) is 41.8 Å². The number of hydrogen-bond donors (Lipinski definition) is 3. The molecule has 5 N–H and O–H groups in total. The third-order valence-corrected chi connectivity index (χ3v) is 3.63. The van der Waals surface area contributed by atoms with Crippen molar-refractivity contribution in [2.24, 2.45) is 17.4 Å². The van der Waals surface area contributed by atoms with Gasteiger partial charge in [0, 0.05) is 19.5 Å². The van der Waals surface area contributed by atoms with Crippen molar-refractivity contribution in [3.63, 3.8) is 0 Å². The number of nitrogens with two attached hydrogens (primary N) is 2. The summed E-state index contributed by atoms with van der Waals surface area (Å²) in [5.41, 5.74) is 11.8. The molecule has 1 aromatic rings. The fraction of sp³-hybridized carbons (Fsp3) is 0.471. The van der Waals surface area contributed by atoms with Crippen molar-refractivity contribution in [2.45, 2.75) is 32.9 Å². The molecule has 1 aromatic carbocycles. The number of carbonyl (C=O) groups is 3. The number of nitrogens with one attached hydrogen (secondary N) is 1. The summed E-state index contributed by atoms with van der Waals surface area (Å²) in [5.74, 6) is -1.15. The molecule has 0 spiro atoms. The lowest BCUT2D eigenvalue weighted by Crippen LogP contribution is -2.48. The molecule has 0 bridgehead atoms. The van der Waals surface area contributed by atoms with E-state index in [-0.39, 0.29) is 37.2 Å². The van der Waals surface area contributed by atoms with Crippen LogP contribution < -0.4 is 16.8 Å². The van der Waals surface area contributed by atoms with Crippen molar-refractivity contribution in [3.8, 4) is 0 Å². The Labute approximate surface area is 142 Å². The van der Waals surface area contributed by atoms with Gasteiger partial charge in [-0.3, -0.25) is 14.4 Å². The van der Waals surface area contributed by atoms with Gasteiger partial charge >= 0.3 is 0 Å². The first-order valence-electron chi connectivity index (χ1n) is 7.94. The lowest BCUT2D eigenvalue weighted by molar-refractivity contribution is -0.134. The molecule has 0 unspecified atom stereocenters. The number of rotatable bonds is 9. The minimum absolute atomic E-state index is 0.0182.